The number of aliphatic imine (C=N–C) groups is 1. The van der Waals surface area contributed by atoms with Gasteiger partial charge in [-0.05, 0) is 61.1 Å². The van der Waals surface area contributed by atoms with Crippen molar-refractivity contribution >= 4 is 64.2 Å². The van der Waals surface area contributed by atoms with Gasteiger partial charge in [0.15, 0.2) is 5.96 Å². The van der Waals surface area contributed by atoms with E-state index in [-0.39, 0.29) is 23.8 Å². The molecule has 0 unspecified atom stereocenters. The fourth-order valence-electron chi connectivity index (χ4n) is 4.45. The van der Waals surface area contributed by atoms with Crippen LogP contribution < -0.4 is 27.8 Å². The number of amides is 2. The third kappa shape index (κ3) is 9.70. The lowest BCUT2D eigenvalue weighted by atomic mass is 10.1. The van der Waals surface area contributed by atoms with E-state index < -0.39 is 12.1 Å². The highest BCUT2D eigenvalue weighted by molar-refractivity contribution is 6.35. The molecule has 3 atom stereocenters. The van der Waals surface area contributed by atoms with E-state index >= 15 is 0 Å². The van der Waals surface area contributed by atoms with Crippen LogP contribution in [0, 0.1) is 0 Å². The molecule has 0 saturated carbocycles. The monoisotopic (exact) mass is 615 g/mol. The molecule has 0 radical (unpaired) electrons. The Morgan fingerprint density at radius 2 is 1.67 bits per heavy atom. The van der Waals surface area contributed by atoms with E-state index in [1.54, 1.807) is 24.3 Å². The van der Waals surface area contributed by atoms with Crippen LogP contribution in [0.2, 0.25) is 20.1 Å². The number of hydrogen-bond acceptors (Lipinski definition) is 5. The van der Waals surface area contributed by atoms with Gasteiger partial charge in [0.25, 0.3) is 0 Å². The summed E-state index contributed by atoms with van der Waals surface area (Å²) in [7, 11) is 0. The zero-order chi connectivity index (χ0) is 28.5. The van der Waals surface area contributed by atoms with Crippen molar-refractivity contribution in [3.63, 3.8) is 0 Å². The van der Waals surface area contributed by atoms with Crippen LogP contribution in [0.5, 0.6) is 0 Å². The average Bonchev–Trinajstić information content (AvgIpc) is 3.26. The Morgan fingerprint density at radius 3 is 2.28 bits per heavy atom. The van der Waals surface area contributed by atoms with Crippen molar-refractivity contribution < 1.29 is 9.59 Å². The molecule has 8 N–H and O–H groups in total. The number of hydrogen-bond donors (Lipinski definition) is 5. The molecular formula is C26H33Cl4N7O2. The van der Waals surface area contributed by atoms with Crippen LogP contribution in [-0.2, 0) is 22.6 Å². The summed E-state index contributed by atoms with van der Waals surface area (Å²) in [6.07, 6.45) is 1.97. The summed E-state index contributed by atoms with van der Waals surface area (Å²) in [5.41, 5.74) is 18.4. The first-order valence-corrected chi connectivity index (χ1v) is 14.1. The Kier molecular flexibility index (Phi) is 12.0. The molecule has 13 heteroatoms. The predicted octanol–water partition coefficient (Wildman–Crippen LogP) is 3.10. The largest absolute Gasteiger partial charge is 0.370 e. The molecule has 0 aliphatic carbocycles. The molecule has 1 aliphatic rings. The Bertz CT molecular complexity index is 1190. The van der Waals surface area contributed by atoms with Gasteiger partial charge in [0.1, 0.15) is 0 Å². The standard InChI is InChI=1S/C26H33Cl4N7O2/c27-17-5-3-15(20(29)10-17)7-9-34-25(39)23-12-19(36-24(38)22(31)2-1-8-35-26(32)33)14-37(23)13-16-4-6-18(28)11-21(16)30/h3-6,10-11,19,22-23H,1-2,7-9,12-14,31H2,(H,34,39)(H,36,38)(H4,32,33,35)/t19-,22-,23-/m0/s1. The number of nitrogens with zero attached hydrogens (tertiary/aromatic N) is 2. The summed E-state index contributed by atoms with van der Waals surface area (Å²) in [6.45, 7) is 1.65. The van der Waals surface area contributed by atoms with Crippen LogP contribution >= 0.6 is 46.4 Å². The molecule has 0 spiro atoms. The van der Waals surface area contributed by atoms with E-state index in [2.05, 4.69) is 15.6 Å². The smallest absolute Gasteiger partial charge is 0.237 e. The molecule has 1 aliphatic heterocycles. The quantitative estimate of drug-likeness (QED) is 0.140. The molecule has 0 bridgehead atoms. The van der Waals surface area contributed by atoms with Gasteiger partial charge >= 0.3 is 0 Å². The Labute approximate surface area is 248 Å². The molecule has 1 fully saturated rings. The minimum Gasteiger partial charge on any atom is -0.370 e. The second kappa shape index (κ2) is 14.9. The van der Waals surface area contributed by atoms with Crippen LogP contribution in [0.3, 0.4) is 0 Å². The number of nitrogens with two attached hydrogens (primary N) is 3. The molecule has 2 aromatic carbocycles. The molecular weight excluding hydrogens is 584 g/mol. The first-order valence-electron chi connectivity index (χ1n) is 12.5. The number of benzene rings is 2. The van der Waals surface area contributed by atoms with Crippen molar-refractivity contribution in [2.24, 2.45) is 22.2 Å². The zero-order valence-corrected chi connectivity index (χ0v) is 24.3. The molecule has 0 aromatic heterocycles. The molecule has 2 aromatic rings. The Balaban J connectivity index is 1.63. The normalized spacial score (nSPS) is 18.0. The zero-order valence-electron chi connectivity index (χ0n) is 21.3. The summed E-state index contributed by atoms with van der Waals surface area (Å²) < 4.78 is 0. The van der Waals surface area contributed by atoms with Crippen molar-refractivity contribution in [1.82, 2.24) is 15.5 Å². The van der Waals surface area contributed by atoms with Gasteiger partial charge in [0.05, 0.1) is 12.1 Å². The van der Waals surface area contributed by atoms with Crippen molar-refractivity contribution in [2.45, 2.75) is 50.4 Å². The number of rotatable bonds is 12. The molecule has 1 heterocycles. The molecule has 212 valence electrons. The van der Waals surface area contributed by atoms with E-state index in [0.29, 0.717) is 72.0 Å². The summed E-state index contributed by atoms with van der Waals surface area (Å²) >= 11 is 24.7. The Hall–Kier alpha value is -2.27. The van der Waals surface area contributed by atoms with E-state index in [1.165, 1.54) is 0 Å². The van der Waals surface area contributed by atoms with Crippen molar-refractivity contribution in [3.8, 4) is 0 Å². The number of guanidine groups is 1. The molecule has 1 saturated heterocycles. The Morgan fingerprint density at radius 1 is 1.03 bits per heavy atom. The van der Waals surface area contributed by atoms with E-state index in [0.717, 1.165) is 11.1 Å². The highest BCUT2D eigenvalue weighted by Gasteiger charge is 2.38. The van der Waals surface area contributed by atoms with Gasteiger partial charge in [-0.25, -0.2) is 0 Å². The molecule has 3 rings (SSSR count). The van der Waals surface area contributed by atoms with Crippen molar-refractivity contribution in [1.29, 1.82) is 0 Å². The lowest BCUT2D eigenvalue weighted by Gasteiger charge is -2.24. The first-order chi connectivity index (χ1) is 18.5. The lowest BCUT2D eigenvalue weighted by molar-refractivity contribution is -0.126. The maximum absolute atomic E-state index is 13.3. The second-order valence-electron chi connectivity index (χ2n) is 9.45. The first kappa shape index (κ1) is 31.3. The van der Waals surface area contributed by atoms with Crippen LogP contribution in [0.4, 0.5) is 0 Å². The summed E-state index contributed by atoms with van der Waals surface area (Å²) in [5, 5.41) is 8.13. The van der Waals surface area contributed by atoms with Crippen LogP contribution in [0.25, 0.3) is 0 Å². The number of nitrogens with one attached hydrogen (secondary N) is 2. The highest BCUT2D eigenvalue weighted by Crippen LogP contribution is 2.27. The van der Waals surface area contributed by atoms with E-state index in [9.17, 15) is 9.59 Å². The summed E-state index contributed by atoms with van der Waals surface area (Å²) in [4.78, 5) is 31.9. The number of carbonyl (C=O) groups excluding carboxylic acids is 2. The number of likely N-dealkylation sites (tertiary alicyclic amines) is 1. The third-order valence-electron chi connectivity index (χ3n) is 6.45. The maximum Gasteiger partial charge on any atom is 0.237 e. The maximum atomic E-state index is 13.3. The number of carbonyl (C=O) groups is 2. The second-order valence-corrected chi connectivity index (χ2v) is 11.1. The van der Waals surface area contributed by atoms with Gasteiger partial charge in [-0.1, -0.05) is 58.5 Å². The average molecular weight is 617 g/mol. The van der Waals surface area contributed by atoms with Gasteiger partial charge < -0.3 is 27.8 Å². The fourth-order valence-corrected chi connectivity index (χ4v) is 5.42. The van der Waals surface area contributed by atoms with Gasteiger partial charge in [-0.3, -0.25) is 19.5 Å². The van der Waals surface area contributed by atoms with Crippen LogP contribution in [0.1, 0.15) is 30.4 Å². The van der Waals surface area contributed by atoms with E-state index in [1.807, 2.05) is 17.0 Å². The van der Waals surface area contributed by atoms with Gasteiger partial charge in [0.2, 0.25) is 11.8 Å². The fraction of sp³-hybridized carbons (Fsp3) is 0.423. The molecule has 2 amide bonds. The van der Waals surface area contributed by atoms with E-state index in [4.69, 9.17) is 63.6 Å². The SMILES string of the molecule is NC(N)=NCCC[C@H](N)C(=O)N[C@H]1C[C@@H](C(=O)NCCc2ccc(Cl)cc2Cl)N(Cc2ccc(Cl)cc2Cl)C1. The minimum atomic E-state index is -0.713. The lowest BCUT2D eigenvalue weighted by Crippen LogP contribution is -2.46. The minimum absolute atomic E-state index is 0.000410. The molecule has 39 heavy (non-hydrogen) atoms. The summed E-state index contributed by atoms with van der Waals surface area (Å²) in [5.74, 6) is -0.434. The predicted molar refractivity (Wildman–Crippen MR) is 158 cm³/mol. The number of halogens is 4. The van der Waals surface area contributed by atoms with Gasteiger partial charge in [-0.2, -0.15) is 0 Å². The van der Waals surface area contributed by atoms with Crippen LogP contribution in [0.15, 0.2) is 41.4 Å². The molecule has 9 nitrogen and oxygen atoms in total. The highest BCUT2D eigenvalue weighted by atomic mass is 35.5. The van der Waals surface area contributed by atoms with Crippen molar-refractivity contribution in [3.05, 3.63) is 67.6 Å². The van der Waals surface area contributed by atoms with Crippen molar-refractivity contribution in [2.75, 3.05) is 19.6 Å². The van der Waals surface area contributed by atoms with Gasteiger partial charge in [-0.15, -0.1) is 0 Å². The van der Waals surface area contributed by atoms with Gasteiger partial charge in [0, 0.05) is 52.3 Å². The topological polar surface area (TPSA) is 152 Å². The third-order valence-corrected chi connectivity index (χ3v) is 7.63. The van der Waals surface area contributed by atoms with Crippen LogP contribution in [-0.4, -0.2) is 60.4 Å². The summed E-state index contributed by atoms with van der Waals surface area (Å²) in [6, 6.07) is 9.06.